The Morgan fingerprint density at radius 1 is 1.53 bits per heavy atom. The third kappa shape index (κ3) is 3.19. The molecular formula is C14H18ClNO3. The number of carbonyl (C=O) groups excluding carboxylic acids is 1. The van der Waals surface area contributed by atoms with Crippen molar-refractivity contribution in [1.29, 1.82) is 0 Å². The van der Waals surface area contributed by atoms with Crippen LogP contribution in [0, 0.1) is 6.92 Å². The van der Waals surface area contributed by atoms with Crippen molar-refractivity contribution in [2.45, 2.75) is 25.9 Å². The predicted molar refractivity (Wildman–Crippen MR) is 73.5 cm³/mol. The van der Waals surface area contributed by atoms with E-state index in [1.165, 1.54) is 0 Å². The predicted octanol–water partition coefficient (Wildman–Crippen LogP) is 2.01. The zero-order valence-corrected chi connectivity index (χ0v) is 11.9. The maximum absolute atomic E-state index is 11.8. The number of rotatable bonds is 4. The summed E-state index contributed by atoms with van der Waals surface area (Å²) in [6.07, 6.45) is 0.661. The minimum absolute atomic E-state index is 0.0116. The molecule has 104 valence electrons. The molecule has 1 aromatic carbocycles. The normalized spacial score (nSPS) is 16.9. The van der Waals surface area contributed by atoms with Gasteiger partial charge in [-0.1, -0.05) is 18.5 Å². The molecule has 0 unspecified atom stereocenters. The van der Waals surface area contributed by atoms with Gasteiger partial charge in [0.15, 0.2) is 6.61 Å². The molecule has 0 atom stereocenters. The second-order valence-electron chi connectivity index (χ2n) is 5.03. The molecule has 4 nitrogen and oxygen atoms in total. The van der Waals surface area contributed by atoms with Gasteiger partial charge < -0.3 is 14.7 Å². The Hall–Kier alpha value is -1.26. The molecule has 1 aromatic rings. The largest absolute Gasteiger partial charge is 0.483 e. The average molecular weight is 284 g/mol. The van der Waals surface area contributed by atoms with E-state index in [1.807, 2.05) is 13.8 Å². The van der Waals surface area contributed by atoms with E-state index in [4.69, 9.17) is 16.3 Å². The smallest absolute Gasteiger partial charge is 0.260 e. The first kappa shape index (κ1) is 14.2. The Morgan fingerprint density at radius 2 is 2.21 bits per heavy atom. The fourth-order valence-electron chi connectivity index (χ4n) is 2.07. The van der Waals surface area contributed by atoms with E-state index >= 15 is 0 Å². The summed E-state index contributed by atoms with van der Waals surface area (Å²) in [5.74, 6) is 0.552. The number of ether oxygens (including phenoxy) is 1. The van der Waals surface area contributed by atoms with Crippen molar-refractivity contribution in [3.8, 4) is 5.75 Å². The lowest BCUT2D eigenvalue weighted by atomic mass is 9.91. The van der Waals surface area contributed by atoms with Crippen LogP contribution in [0.2, 0.25) is 5.02 Å². The molecule has 5 heteroatoms. The summed E-state index contributed by atoms with van der Waals surface area (Å²) in [5.41, 5.74) is 0.195. The molecular weight excluding hydrogens is 266 g/mol. The minimum Gasteiger partial charge on any atom is -0.483 e. The topological polar surface area (TPSA) is 49.8 Å². The molecule has 1 N–H and O–H groups in total. The number of hydrogen-bond acceptors (Lipinski definition) is 3. The molecule has 0 aliphatic carbocycles. The Labute approximate surface area is 117 Å². The fraction of sp³-hybridized carbons (Fsp3) is 0.500. The van der Waals surface area contributed by atoms with Gasteiger partial charge in [0.05, 0.1) is 18.7 Å². The van der Waals surface area contributed by atoms with Gasteiger partial charge >= 0.3 is 0 Å². The van der Waals surface area contributed by atoms with Crippen molar-refractivity contribution in [1.82, 2.24) is 4.90 Å². The second-order valence-corrected chi connectivity index (χ2v) is 5.46. The lowest BCUT2D eigenvalue weighted by Crippen LogP contribution is -2.63. The quantitative estimate of drug-likeness (QED) is 0.920. The van der Waals surface area contributed by atoms with Gasteiger partial charge in [0, 0.05) is 5.02 Å². The monoisotopic (exact) mass is 283 g/mol. The van der Waals surface area contributed by atoms with Crippen molar-refractivity contribution < 1.29 is 14.6 Å². The van der Waals surface area contributed by atoms with Crippen LogP contribution in [0.5, 0.6) is 5.75 Å². The molecule has 1 aliphatic heterocycles. The molecule has 2 rings (SSSR count). The number of aliphatic hydroxyl groups is 1. The van der Waals surface area contributed by atoms with E-state index in [2.05, 4.69) is 0 Å². The van der Waals surface area contributed by atoms with Gasteiger partial charge in [0.25, 0.3) is 5.91 Å². The molecule has 0 aromatic heterocycles. The lowest BCUT2D eigenvalue weighted by Gasteiger charge is -2.45. The summed E-state index contributed by atoms with van der Waals surface area (Å²) >= 11 is 5.85. The Bertz CT molecular complexity index is 484. The lowest BCUT2D eigenvalue weighted by molar-refractivity contribution is -0.157. The van der Waals surface area contributed by atoms with Crippen LogP contribution in [0.4, 0.5) is 0 Å². The number of benzene rings is 1. The summed E-state index contributed by atoms with van der Waals surface area (Å²) < 4.78 is 5.48. The number of β-amino-alcohol motifs (C(OH)–C–C–N with tert-alkyl or cyclic N) is 1. The highest BCUT2D eigenvalue weighted by Crippen LogP contribution is 2.25. The molecule has 1 amide bonds. The summed E-state index contributed by atoms with van der Waals surface area (Å²) in [7, 11) is 0. The van der Waals surface area contributed by atoms with Gasteiger partial charge in [-0.3, -0.25) is 4.79 Å². The van der Waals surface area contributed by atoms with Crippen molar-refractivity contribution in [2.24, 2.45) is 0 Å². The number of nitrogens with zero attached hydrogens (tertiary/aromatic N) is 1. The number of halogens is 1. The highest BCUT2D eigenvalue weighted by Gasteiger charge is 2.41. The molecule has 1 saturated heterocycles. The van der Waals surface area contributed by atoms with Crippen molar-refractivity contribution in [3.05, 3.63) is 28.8 Å². The fourth-order valence-corrected chi connectivity index (χ4v) is 2.30. The molecule has 1 fully saturated rings. The summed E-state index contributed by atoms with van der Waals surface area (Å²) in [6, 6.07) is 5.28. The van der Waals surface area contributed by atoms with E-state index < -0.39 is 5.60 Å². The first-order valence-electron chi connectivity index (χ1n) is 6.32. The highest BCUT2D eigenvalue weighted by atomic mass is 35.5. The van der Waals surface area contributed by atoms with Crippen molar-refractivity contribution in [2.75, 3.05) is 19.7 Å². The van der Waals surface area contributed by atoms with E-state index in [0.29, 0.717) is 30.3 Å². The van der Waals surface area contributed by atoms with Crippen LogP contribution in [0.25, 0.3) is 0 Å². The first-order chi connectivity index (χ1) is 8.93. The maximum atomic E-state index is 11.8. The number of likely N-dealkylation sites (tertiary alicyclic amines) is 1. The van der Waals surface area contributed by atoms with Crippen LogP contribution < -0.4 is 4.74 Å². The second kappa shape index (κ2) is 5.39. The SMILES string of the molecule is CCC1(O)CN(C(=O)COc2ccc(Cl)cc2C)C1. The molecule has 0 spiro atoms. The summed E-state index contributed by atoms with van der Waals surface area (Å²) in [6.45, 7) is 4.57. The zero-order chi connectivity index (χ0) is 14.0. The Kier molecular flexibility index (Phi) is 4.02. The van der Waals surface area contributed by atoms with Gasteiger partial charge in [-0.25, -0.2) is 0 Å². The van der Waals surface area contributed by atoms with Crippen molar-refractivity contribution >= 4 is 17.5 Å². The Morgan fingerprint density at radius 3 is 2.79 bits per heavy atom. The standard InChI is InChI=1S/C14H18ClNO3/c1-3-14(18)8-16(9-14)13(17)7-19-12-5-4-11(15)6-10(12)2/h4-6,18H,3,7-9H2,1-2H3. The molecule has 1 heterocycles. The van der Waals surface area contributed by atoms with Gasteiger partial charge in [0.2, 0.25) is 0 Å². The van der Waals surface area contributed by atoms with Gasteiger partial charge in [0.1, 0.15) is 5.75 Å². The third-order valence-corrected chi connectivity index (χ3v) is 3.70. The molecule has 0 radical (unpaired) electrons. The van der Waals surface area contributed by atoms with Gasteiger partial charge in [-0.15, -0.1) is 0 Å². The highest BCUT2D eigenvalue weighted by molar-refractivity contribution is 6.30. The van der Waals surface area contributed by atoms with Gasteiger partial charge in [-0.2, -0.15) is 0 Å². The van der Waals surface area contributed by atoms with E-state index in [-0.39, 0.29) is 12.5 Å². The maximum Gasteiger partial charge on any atom is 0.260 e. The number of amides is 1. The first-order valence-corrected chi connectivity index (χ1v) is 6.70. The van der Waals surface area contributed by atoms with E-state index in [9.17, 15) is 9.90 Å². The molecule has 0 saturated carbocycles. The van der Waals surface area contributed by atoms with Crippen molar-refractivity contribution in [3.63, 3.8) is 0 Å². The zero-order valence-electron chi connectivity index (χ0n) is 11.1. The van der Waals surface area contributed by atoms with Crippen LogP contribution in [0.1, 0.15) is 18.9 Å². The van der Waals surface area contributed by atoms with Crippen LogP contribution in [-0.2, 0) is 4.79 Å². The summed E-state index contributed by atoms with van der Waals surface area (Å²) in [5, 5.41) is 10.5. The van der Waals surface area contributed by atoms with E-state index in [0.717, 1.165) is 5.56 Å². The van der Waals surface area contributed by atoms with Crippen LogP contribution in [-0.4, -0.2) is 41.2 Å². The van der Waals surface area contributed by atoms with Crippen LogP contribution in [0.3, 0.4) is 0 Å². The Balaban J connectivity index is 1.85. The minimum atomic E-state index is -0.703. The molecule has 1 aliphatic rings. The molecule has 0 bridgehead atoms. The van der Waals surface area contributed by atoms with E-state index in [1.54, 1.807) is 23.1 Å². The van der Waals surface area contributed by atoms with Crippen LogP contribution >= 0.6 is 11.6 Å². The van der Waals surface area contributed by atoms with Gasteiger partial charge in [-0.05, 0) is 37.1 Å². The number of carbonyl (C=O) groups is 1. The summed E-state index contributed by atoms with van der Waals surface area (Å²) in [4.78, 5) is 13.5. The number of hydrogen-bond donors (Lipinski definition) is 1. The number of aryl methyl sites for hydroxylation is 1. The average Bonchev–Trinajstić information content (AvgIpc) is 2.33. The van der Waals surface area contributed by atoms with Crippen LogP contribution in [0.15, 0.2) is 18.2 Å². The third-order valence-electron chi connectivity index (χ3n) is 3.47. The molecule has 19 heavy (non-hydrogen) atoms.